The molecule has 4 rings (SSSR count). The number of likely N-dealkylation sites (tertiary alicyclic amines) is 1. The van der Waals surface area contributed by atoms with Crippen molar-refractivity contribution in [3.05, 3.63) is 65.5 Å². The minimum Gasteiger partial charge on any atom is -0.483 e. The first kappa shape index (κ1) is 16.6. The van der Waals surface area contributed by atoms with Crippen molar-refractivity contribution in [2.75, 3.05) is 19.6 Å². The Morgan fingerprint density at radius 2 is 1.92 bits per heavy atom. The van der Waals surface area contributed by atoms with Gasteiger partial charge in [0.2, 0.25) is 0 Å². The minimum atomic E-state index is -0.707. The molecule has 2 amide bonds. The summed E-state index contributed by atoms with van der Waals surface area (Å²) in [5.74, 6) is -0.551. The van der Waals surface area contributed by atoms with E-state index in [1.807, 2.05) is 6.07 Å². The average Bonchev–Trinajstić information content (AvgIpc) is 2.79. The van der Waals surface area contributed by atoms with Crippen LogP contribution in [0.15, 0.2) is 48.5 Å². The van der Waals surface area contributed by atoms with Crippen LogP contribution in [0, 0.1) is 5.82 Å². The number of piperidine rings is 1. The van der Waals surface area contributed by atoms with Gasteiger partial charge in [0.1, 0.15) is 17.2 Å². The fourth-order valence-corrected chi connectivity index (χ4v) is 3.65. The normalized spacial score (nSPS) is 22.2. The molecule has 0 aromatic heterocycles. The second kappa shape index (κ2) is 6.44. The molecule has 2 aromatic carbocycles. The van der Waals surface area contributed by atoms with Gasteiger partial charge in [0.15, 0.2) is 0 Å². The summed E-state index contributed by atoms with van der Waals surface area (Å²) in [7, 11) is 0. The van der Waals surface area contributed by atoms with Gasteiger partial charge in [-0.25, -0.2) is 4.39 Å². The molecule has 0 radical (unpaired) electrons. The maximum absolute atomic E-state index is 14.0. The van der Waals surface area contributed by atoms with Crippen LogP contribution in [0.3, 0.4) is 0 Å². The Morgan fingerprint density at radius 1 is 1.15 bits per heavy atom. The van der Waals surface area contributed by atoms with Crippen molar-refractivity contribution in [3.63, 3.8) is 0 Å². The zero-order chi connectivity index (χ0) is 18.1. The molecule has 0 saturated carbocycles. The van der Waals surface area contributed by atoms with Crippen molar-refractivity contribution >= 4 is 11.8 Å². The van der Waals surface area contributed by atoms with E-state index in [0.717, 1.165) is 6.42 Å². The van der Waals surface area contributed by atoms with E-state index in [0.29, 0.717) is 37.4 Å². The zero-order valence-corrected chi connectivity index (χ0v) is 14.2. The highest BCUT2D eigenvalue weighted by atomic mass is 19.1. The van der Waals surface area contributed by atoms with Crippen LogP contribution in [0.25, 0.3) is 0 Å². The van der Waals surface area contributed by atoms with Gasteiger partial charge in [-0.05, 0) is 37.1 Å². The number of rotatable bonds is 1. The van der Waals surface area contributed by atoms with E-state index < -0.39 is 11.4 Å². The van der Waals surface area contributed by atoms with Gasteiger partial charge in [-0.15, -0.1) is 0 Å². The molecule has 2 heterocycles. The lowest BCUT2D eigenvalue weighted by Crippen LogP contribution is -2.58. The molecule has 0 bridgehead atoms. The van der Waals surface area contributed by atoms with E-state index in [4.69, 9.17) is 4.74 Å². The van der Waals surface area contributed by atoms with Crippen LogP contribution < -0.4 is 10.1 Å². The molecular formula is C20H19FN2O3. The molecule has 2 aromatic rings. The highest BCUT2D eigenvalue weighted by Gasteiger charge is 2.42. The second-order valence-corrected chi connectivity index (χ2v) is 6.77. The van der Waals surface area contributed by atoms with Crippen molar-refractivity contribution in [1.29, 1.82) is 0 Å². The summed E-state index contributed by atoms with van der Waals surface area (Å²) in [6, 6.07) is 13.1. The fraction of sp³-hybridized carbons (Fsp3) is 0.300. The molecule has 1 N–H and O–H groups in total. The number of ether oxygens (including phenoxy) is 1. The number of carbonyl (C=O) groups is 2. The standard InChI is InChI=1S/C20H19FN2O3/c21-16-8-3-1-6-14(16)19(25)23-11-5-10-20(13-23)12-22-18(24)15-7-2-4-9-17(15)26-20/h1-4,6-9H,5,10-13H2,(H,22,24)/t20-/m0/s1. The Bertz CT molecular complexity index is 870. The van der Waals surface area contributed by atoms with E-state index in [-0.39, 0.29) is 17.4 Å². The van der Waals surface area contributed by atoms with Crippen molar-refractivity contribution in [2.24, 2.45) is 0 Å². The molecule has 2 aliphatic heterocycles. The molecule has 1 saturated heterocycles. The van der Waals surface area contributed by atoms with Crippen molar-refractivity contribution < 1.29 is 18.7 Å². The van der Waals surface area contributed by atoms with Crippen molar-refractivity contribution in [1.82, 2.24) is 10.2 Å². The molecule has 1 fully saturated rings. The molecule has 1 atom stereocenters. The molecule has 6 heteroatoms. The summed E-state index contributed by atoms with van der Waals surface area (Å²) in [5, 5.41) is 2.90. The van der Waals surface area contributed by atoms with Gasteiger partial charge in [-0.2, -0.15) is 0 Å². The highest BCUT2D eigenvalue weighted by molar-refractivity contribution is 5.97. The third-order valence-electron chi connectivity index (χ3n) is 4.96. The van der Waals surface area contributed by atoms with Gasteiger partial charge in [0, 0.05) is 6.54 Å². The second-order valence-electron chi connectivity index (χ2n) is 6.77. The molecule has 5 nitrogen and oxygen atoms in total. The summed E-state index contributed by atoms with van der Waals surface area (Å²) in [6.07, 6.45) is 1.43. The maximum atomic E-state index is 14.0. The molecule has 0 unspecified atom stereocenters. The van der Waals surface area contributed by atoms with Gasteiger partial charge >= 0.3 is 0 Å². The number of halogens is 1. The molecule has 0 aliphatic carbocycles. The lowest BCUT2D eigenvalue weighted by atomic mass is 9.91. The Labute approximate surface area is 150 Å². The number of carbonyl (C=O) groups excluding carboxylic acids is 2. The first-order valence-corrected chi connectivity index (χ1v) is 8.68. The smallest absolute Gasteiger partial charge is 0.256 e. The largest absolute Gasteiger partial charge is 0.483 e. The van der Waals surface area contributed by atoms with E-state index in [1.54, 1.807) is 35.2 Å². The molecule has 2 aliphatic rings. The predicted octanol–water partition coefficient (Wildman–Crippen LogP) is 2.62. The Balaban J connectivity index is 1.61. The number of fused-ring (bicyclic) bond motifs is 1. The summed E-state index contributed by atoms with van der Waals surface area (Å²) < 4.78 is 20.2. The van der Waals surface area contributed by atoms with Gasteiger partial charge < -0.3 is 15.0 Å². The number of nitrogens with one attached hydrogen (secondary N) is 1. The number of para-hydroxylation sites is 1. The van der Waals surface area contributed by atoms with Gasteiger partial charge in [0.25, 0.3) is 11.8 Å². The van der Waals surface area contributed by atoms with Gasteiger partial charge in [-0.1, -0.05) is 24.3 Å². The first-order chi connectivity index (χ1) is 12.6. The molecule has 134 valence electrons. The van der Waals surface area contributed by atoms with E-state index >= 15 is 0 Å². The van der Waals surface area contributed by atoms with Crippen molar-refractivity contribution in [3.8, 4) is 5.75 Å². The average molecular weight is 354 g/mol. The van der Waals surface area contributed by atoms with Crippen LogP contribution in [0.4, 0.5) is 4.39 Å². The third-order valence-corrected chi connectivity index (χ3v) is 4.96. The number of benzene rings is 2. The quantitative estimate of drug-likeness (QED) is 0.856. The van der Waals surface area contributed by atoms with Crippen molar-refractivity contribution in [2.45, 2.75) is 18.4 Å². The summed E-state index contributed by atoms with van der Waals surface area (Å²) in [6.45, 7) is 1.14. The SMILES string of the molecule is O=C1NC[C@]2(CCCN(C(=O)c3ccccc3F)C2)Oc2ccccc21. The lowest BCUT2D eigenvalue weighted by molar-refractivity contribution is -0.00104. The Hall–Kier alpha value is -2.89. The highest BCUT2D eigenvalue weighted by Crippen LogP contribution is 2.32. The monoisotopic (exact) mass is 354 g/mol. The van der Waals surface area contributed by atoms with Crippen LogP contribution in [0.1, 0.15) is 33.6 Å². The number of amides is 2. The Morgan fingerprint density at radius 3 is 2.77 bits per heavy atom. The predicted molar refractivity (Wildman–Crippen MR) is 93.7 cm³/mol. The molecule has 1 spiro atoms. The number of nitrogens with zero attached hydrogens (tertiary/aromatic N) is 1. The lowest BCUT2D eigenvalue weighted by Gasteiger charge is -2.42. The van der Waals surface area contributed by atoms with E-state index in [2.05, 4.69) is 5.32 Å². The van der Waals surface area contributed by atoms with E-state index in [1.165, 1.54) is 12.1 Å². The van der Waals surface area contributed by atoms with Crippen LogP contribution in [-0.2, 0) is 0 Å². The number of hydrogen-bond donors (Lipinski definition) is 1. The molecular weight excluding hydrogens is 335 g/mol. The van der Waals surface area contributed by atoms with Crippen LogP contribution in [-0.4, -0.2) is 41.9 Å². The van der Waals surface area contributed by atoms with Gasteiger partial charge in [-0.3, -0.25) is 9.59 Å². The van der Waals surface area contributed by atoms with Crippen LogP contribution >= 0.6 is 0 Å². The van der Waals surface area contributed by atoms with Crippen LogP contribution in [0.2, 0.25) is 0 Å². The van der Waals surface area contributed by atoms with Gasteiger partial charge in [0.05, 0.1) is 24.2 Å². The Kier molecular flexibility index (Phi) is 4.11. The van der Waals surface area contributed by atoms with Crippen LogP contribution in [0.5, 0.6) is 5.75 Å². The zero-order valence-electron chi connectivity index (χ0n) is 14.2. The third kappa shape index (κ3) is 2.92. The molecule has 26 heavy (non-hydrogen) atoms. The first-order valence-electron chi connectivity index (χ1n) is 8.68. The summed E-state index contributed by atoms with van der Waals surface area (Å²) in [4.78, 5) is 26.7. The van der Waals surface area contributed by atoms with E-state index in [9.17, 15) is 14.0 Å². The summed E-state index contributed by atoms with van der Waals surface area (Å²) in [5.41, 5.74) is -0.161. The topological polar surface area (TPSA) is 58.6 Å². The minimum absolute atomic E-state index is 0.0580. The maximum Gasteiger partial charge on any atom is 0.256 e. The summed E-state index contributed by atoms with van der Waals surface area (Å²) >= 11 is 0. The fourth-order valence-electron chi connectivity index (χ4n) is 3.65. The number of hydrogen-bond acceptors (Lipinski definition) is 3.